The fourth-order valence-corrected chi connectivity index (χ4v) is 5.32. The average molecular weight is 541 g/mol. The van der Waals surface area contributed by atoms with Gasteiger partial charge in [-0.25, -0.2) is 0 Å². The van der Waals surface area contributed by atoms with Crippen molar-refractivity contribution in [3.8, 4) is 0 Å². The highest BCUT2D eigenvalue weighted by Crippen LogP contribution is 2.19. The Balaban J connectivity index is 3.53. The molecule has 0 aliphatic rings. The minimum atomic E-state index is -0.922. The van der Waals surface area contributed by atoms with E-state index in [9.17, 15) is 9.59 Å². The number of aliphatic carboxylic acids is 1. The lowest BCUT2D eigenvalue weighted by molar-refractivity contribution is -0.873. The molecule has 0 rings (SSSR count). The van der Waals surface area contributed by atoms with Crippen molar-refractivity contribution in [3.63, 3.8) is 0 Å². The van der Waals surface area contributed by atoms with E-state index in [-0.39, 0.29) is 12.4 Å². The lowest BCUT2D eigenvalue weighted by Gasteiger charge is -2.28. The van der Waals surface area contributed by atoms with E-state index in [1.165, 1.54) is 116 Å². The molecule has 38 heavy (non-hydrogen) atoms. The summed E-state index contributed by atoms with van der Waals surface area (Å²) in [5, 5.41) is 9.08. The van der Waals surface area contributed by atoms with E-state index < -0.39 is 12.1 Å². The van der Waals surface area contributed by atoms with Gasteiger partial charge in [-0.15, -0.1) is 0 Å². The second kappa shape index (κ2) is 24.9. The monoisotopic (exact) mass is 540 g/mol. The minimum absolute atomic E-state index is 0.127. The molecule has 0 aromatic carbocycles. The van der Waals surface area contributed by atoms with Crippen molar-refractivity contribution in [2.24, 2.45) is 5.92 Å². The Morgan fingerprint density at radius 3 is 1.45 bits per heavy atom. The van der Waals surface area contributed by atoms with Crippen LogP contribution in [0.15, 0.2) is 0 Å². The number of likely N-dealkylation sites (N-methyl/N-ethyl adjacent to an activating group) is 1. The molecule has 0 aromatic heterocycles. The maximum Gasteiger partial charge on any atom is 0.307 e. The van der Waals surface area contributed by atoms with Gasteiger partial charge in [-0.05, 0) is 12.3 Å². The first-order chi connectivity index (χ1) is 18.1. The van der Waals surface area contributed by atoms with E-state index in [1.54, 1.807) is 0 Å². The predicted octanol–water partition coefficient (Wildman–Crippen LogP) is 9.32. The van der Waals surface area contributed by atoms with Crippen molar-refractivity contribution < 1.29 is 23.9 Å². The van der Waals surface area contributed by atoms with Gasteiger partial charge in [0, 0.05) is 6.42 Å². The van der Waals surface area contributed by atoms with Gasteiger partial charge in [-0.1, -0.05) is 142 Å². The molecule has 5 heteroatoms. The molecule has 0 bridgehead atoms. The normalized spacial score (nSPS) is 13.4. The third-order valence-electron chi connectivity index (χ3n) is 7.58. The molecule has 0 aliphatic carbocycles. The summed E-state index contributed by atoms with van der Waals surface area (Å²) in [4.78, 5) is 23.2. The van der Waals surface area contributed by atoms with E-state index in [0.717, 1.165) is 25.2 Å². The minimum Gasteiger partial charge on any atom is -0.481 e. The Morgan fingerprint density at radius 1 is 0.658 bits per heavy atom. The van der Waals surface area contributed by atoms with Crippen LogP contribution in [-0.4, -0.2) is 55.3 Å². The van der Waals surface area contributed by atoms with Gasteiger partial charge in [0.2, 0.25) is 0 Å². The summed E-state index contributed by atoms with van der Waals surface area (Å²) in [5.74, 6) is -0.418. The second-order valence-electron chi connectivity index (χ2n) is 13.0. The molecule has 2 atom stereocenters. The van der Waals surface area contributed by atoms with E-state index in [2.05, 4.69) is 13.8 Å². The smallest absolute Gasteiger partial charge is 0.307 e. The zero-order valence-corrected chi connectivity index (χ0v) is 26.2. The predicted molar refractivity (Wildman–Crippen MR) is 161 cm³/mol. The Labute approximate surface area is 237 Å². The van der Waals surface area contributed by atoms with Gasteiger partial charge in [-0.2, -0.15) is 0 Å². The van der Waals surface area contributed by atoms with E-state index in [1.807, 2.05) is 21.1 Å². The Bertz CT molecular complexity index is 558. The van der Waals surface area contributed by atoms with Crippen LogP contribution in [0.5, 0.6) is 0 Å². The zero-order chi connectivity index (χ0) is 28.5. The molecule has 0 aromatic rings. The number of esters is 1. The van der Waals surface area contributed by atoms with Crippen LogP contribution in [0.25, 0.3) is 0 Å². The van der Waals surface area contributed by atoms with Crippen LogP contribution in [-0.2, 0) is 14.3 Å². The van der Waals surface area contributed by atoms with Gasteiger partial charge in [0.25, 0.3) is 0 Å². The van der Waals surface area contributed by atoms with Crippen LogP contribution in [0.4, 0.5) is 0 Å². The zero-order valence-electron chi connectivity index (χ0n) is 26.2. The standard InChI is InChI=1S/C33H65NO4/c1-6-7-8-9-10-11-12-13-14-15-16-17-18-19-20-22-25-30(2)26-23-21-24-27-33(37)38-31(28-32(35)36)29-34(3,4)5/h30-31H,6-29H2,1-5H3/p+1. The molecule has 0 heterocycles. The number of quaternary nitrogens is 1. The maximum absolute atomic E-state index is 12.2. The molecule has 0 amide bonds. The van der Waals surface area contributed by atoms with E-state index in [4.69, 9.17) is 9.84 Å². The van der Waals surface area contributed by atoms with Crippen LogP contribution in [0.2, 0.25) is 0 Å². The SMILES string of the molecule is CCCCCCCCCCCCCCCCCCC(C)CCCCCC(=O)OC(CC(=O)O)C[N+](C)(C)C. The number of ether oxygens (including phenoxy) is 1. The molecule has 0 saturated heterocycles. The summed E-state index contributed by atoms with van der Waals surface area (Å²) in [7, 11) is 5.93. The van der Waals surface area contributed by atoms with Crippen LogP contribution < -0.4 is 0 Å². The highest BCUT2D eigenvalue weighted by Gasteiger charge is 2.24. The first-order valence-electron chi connectivity index (χ1n) is 16.4. The molecular formula is C33H66NO4+. The third kappa shape index (κ3) is 27.9. The number of nitrogens with zero attached hydrogens (tertiary/aromatic N) is 1. The fourth-order valence-electron chi connectivity index (χ4n) is 5.32. The van der Waals surface area contributed by atoms with E-state index in [0.29, 0.717) is 17.4 Å². The topological polar surface area (TPSA) is 63.6 Å². The third-order valence-corrected chi connectivity index (χ3v) is 7.58. The molecule has 0 fully saturated rings. The molecule has 5 nitrogen and oxygen atoms in total. The van der Waals surface area contributed by atoms with Crippen molar-refractivity contribution in [1.82, 2.24) is 0 Å². The number of carbonyl (C=O) groups excluding carboxylic acids is 1. The first-order valence-corrected chi connectivity index (χ1v) is 16.4. The number of carboxylic acids is 1. The summed E-state index contributed by atoms with van der Waals surface area (Å²) < 4.78 is 6.04. The number of unbranched alkanes of at least 4 members (excludes halogenated alkanes) is 17. The van der Waals surface area contributed by atoms with Crippen molar-refractivity contribution in [2.45, 2.75) is 168 Å². The molecular weight excluding hydrogens is 474 g/mol. The molecule has 0 aliphatic heterocycles. The highest BCUT2D eigenvalue weighted by molar-refractivity contribution is 5.71. The van der Waals surface area contributed by atoms with Gasteiger partial charge in [0.05, 0.1) is 27.6 Å². The lowest BCUT2D eigenvalue weighted by Crippen LogP contribution is -2.43. The van der Waals surface area contributed by atoms with Crippen LogP contribution in [0.3, 0.4) is 0 Å². The molecule has 2 unspecified atom stereocenters. The second-order valence-corrected chi connectivity index (χ2v) is 13.0. The van der Waals surface area contributed by atoms with Gasteiger partial charge in [0.1, 0.15) is 6.54 Å². The highest BCUT2D eigenvalue weighted by atomic mass is 16.5. The maximum atomic E-state index is 12.2. The number of hydrogen-bond donors (Lipinski definition) is 1. The molecule has 0 radical (unpaired) electrons. The van der Waals surface area contributed by atoms with Gasteiger partial charge < -0.3 is 14.3 Å². The van der Waals surface area contributed by atoms with Gasteiger partial charge in [-0.3, -0.25) is 9.59 Å². The van der Waals surface area contributed by atoms with Crippen molar-refractivity contribution in [3.05, 3.63) is 0 Å². The number of carbonyl (C=O) groups is 2. The lowest BCUT2D eigenvalue weighted by atomic mass is 9.96. The molecule has 0 saturated carbocycles. The largest absolute Gasteiger partial charge is 0.481 e. The number of hydrogen-bond acceptors (Lipinski definition) is 3. The van der Waals surface area contributed by atoms with Crippen LogP contribution >= 0.6 is 0 Å². The van der Waals surface area contributed by atoms with Crippen LogP contribution in [0.1, 0.15) is 162 Å². The van der Waals surface area contributed by atoms with Crippen LogP contribution in [0, 0.1) is 5.92 Å². The summed E-state index contributed by atoms with van der Waals surface area (Å²) in [6.07, 6.45) is 28.0. The van der Waals surface area contributed by atoms with Crippen molar-refractivity contribution in [1.29, 1.82) is 0 Å². The quantitative estimate of drug-likeness (QED) is 0.0610. The Kier molecular flexibility index (Phi) is 24.2. The fraction of sp³-hybridized carbons (Fsp3) is 0.939. The Morgan fingerprint density at radius 2 is 1.05 bits per heavy atom. The number of carboxylic acid groups (broad SMARTS) is 1. The summed E-state index contributed by atoms with van der Waals surface area (Å²) in [5.41, 5.74) is 0. The molecule has 1 N–H and O–H groups in total. The van der Waals surface area contributed by atoms with Gasteiger partial charge in [0.15, 0.2) is 6.10 Å². The van der Waals surface area contributed by atoms with Crippen molar-refractivity contribution >= 4 is 11.9 Å². The van der Waals surface area contributed by atoms with Gasteiger partial charge >= 0.3 is 11.9 Å². The summed E-state index contributed by atoms with van der Waals surface area (Å²) in [6, 6.07) is 0. The average Bonchev–Trinajstić information content (AvgIpc) is 2.82. The number of rotatable bonds is 28. The first kappa shape index (κ1) is 36.9. The summed E-state index contributed by atoms with van der Waals surface area (Å²) in [6.45, 7) is 5.16. The molecule has 0 spiro atoms. The molecule has 226 valence electrons. The van der Waals surface area contributed by atoms with E-state index >= 15 is 0 Å². The van der Waals surface area contributed by atoms with Crippen molar-refractivity contribution in [2.75, 3.05) is 27.7 Å². The Hall–Kier alpha value is -1.10. The summed E-state index contributed by atoms with van der Waals surface area (Å²) >= 11 is 0.